The largest absolute Gasteiger partial charge is 0.382 e. The van der Waals surface area contributed by atoms with Crippen LogP contribution in [0.25, 0.3) is 0 Å². The Labute approximate surface area is 131 Å². The Balaban J connectivity index is 1.56. The fourth-order valence-corrected chi connectivity index (χ4v) is 2.85. The van der Waals surface area contributed by atoms with Crippen LogP contribution in [-0.4, -0.2) is 29.0 Å². The molecular weight excluding hydrogens is 272 g/mol. The molecule has 0 saturated heterocycles. The summed E-state index contributed by atoms with van der Waals surface area (Å²) >= 11 is 0. The topological polar surface area (TPSA) is 52.0 Å². The van der Waals surface area contributed by atoms with Gasteiger partial charge < -0.3 is 5.32 Å². The van der Waals surface area contributed by atoms with Crippen molar-refractivity contribution in [1.29, 1.82) is 5.26 Å². The van der Waals surface area contributed by atoms with E-state index < -0.39 is 0 Å². The average Bonchev–Trinajstić information content (AvgIpc) is 2.59. The van der Waals surface area contributed by atoms with E-state index >= 15 is 0 Å². The highest BCUT2D eigenvalue weighted by Crippen LogP contribution is 2.20. The molecule has 22 heavy (non-hydrogen) atoms. The molecule has 2 heterocycles. The van der Waals surface area contributed by atoms with Gasteiger partial charge >= 0.3 is 0 Å². The summed E-state index contributed by atoms with van der Waals surface area (Å²) in [5.41, 5.74) is 4.34. The number of fused-ring (bicyclic) bond motifs is 1. The van der Waals surface area contributed by atoms with E-state index in [1.54, 1.807) is 12.3 Å². The van der Waals surface area contributed by atoms with Gasteiger partial charge in [-0.25, -0.2) is 4.98 Å². The zero-order valence-electron chi connectivity index (χ0n) is 12.8. The quantitative estimate of drug-likeness (QED) is 0.941. The van der Waals surface area contributed by atoms with E-state index in [9.17, 15) is 0 Å². The fourth-order valence-electron chi connectivity index (χ4n) is 2.85. The van der Waals surface area contributed by atoms with Crippen LogP contribution in [-0.2, 0) is 13.0 Å². The first-order valence-corrected chi connectivity index (χ1v) is 7.67. The predicted octanol–water partition coefficient (Wildman–Crippen LogP) is 2.81. The van der Waals surface area contributed by atoms with Crippen molar-refractivity contribution in [3.05, 3.63) is 59.4 Å². The van der Waals surface area contributed by atoms with Crippen LogP contribution in [0.5, 0.6) is 0 Å². The molecule has 4 nitrogen and oxygen atoms in total. The lowest BCUT2D eigenvalue weighted by atomic mass is 9.99. The highest BCUT2D eigenvalue weighted by molar-refractivity contribution is 5.42. The van der Waals surface area contributed by atoms with Crippen LogP contribution in [0.2, 0.25) is 0 Å². The Hall–Kier alpha value is -2.38. The van der Waals surface area contributed by atoms with Crippen molar-refractivity contribution in [2.75, 3.05) is 18.4 Å². The lowest BCUT2D eigenvalue weighted by Gasteiger charge is -2.34. The Bertz CT molecular complexity index is 672. The second-order valence-electron chi connectivity index (χ2n) is 5.76. The number of hydrogen-bond acceptors (Lipinski definition) is 4. The molecule has 4 heteroatoms. The van der Waals surface area contributed by atoms with Gasteiger partial charge in [-0.05, 0) is 36.6 Å². The zero-order chi connectivity index (χ0) is 15.4. The van der Waals surface area contributed by atoms with Crippen molar-refractivity contribution in [2.45, 2.75) is 25.9 Å². The molecule has 1 aliphatic heterocycles. The molecule has 1 N–H and O–H groups in total. The summed E-state index contributed by atoms with van der Waals surface area (Å²) in [5, 5.41) is 12.2. The summed E-state index contributed by atoms with van der Waals surface area (Å²) in [4.78, 5) is 6.59. The molecule has 0 fully saturated rings. The van der Waals surface area contributed by atoms with E-state index in [0.29, 0.717) is 11.7 Å². The minimum atomic E-state index is 0.448. The van der Waals surface area contributed by atoms with Crippen molar-refractivity contribution >= 4 is 5.69 Å². The molecular formula is C18H20N4. The van der Waals surface area contributed by atoms with Gasteiger partial charge in [0.05, 0.1) is 11.9 Å². The molecule has 0 amide bonds. The van der Waals surface area contributed by atoms with Gasteiger partial charge in [-0.2, -0.15) is 5.26 Å². The fraction of sp³-hybridized carbons (Fsp3) is 0.333. The Morgan fingerprint density at radius 3 is 2.82 bits per heavy atom. The van der Waals surface area contributed by atoms with Crippen molar-refractivity contribution in [1.82, 2.24) is 9.88 Å². The summed E-state index contributed by atoms with van der Waals surface area (Å²) in [6.45, 7) is 5.24. The van der Waals surface area contributed by atoms with Crippen molar-refractivity contribution in [2.24, 2.45) is 0 Å². The molecule has 112 valence electrons. The van der Waals surface area contributed by atoms with Gasteiger partial charge in [0.1, 0.15) is 11.8 Å². The first kappa shape index (κ1) is 14.6. The summed E-state index contributed by atoms with van der Waals surface area (Å²) in [6, 6.07) is 14.8. The van der Waals surface area contributed by atoms with Crippen LogP contribution < -0.4 is 5.32 Å². The lowest BCUT2D eigenvalue weighted by molar-refractivity contribution is 0.198. The maximum absolute atomic E-state index is 8.76. The maximum atomic E-state index is 8.76. The number of anilines is 1. The van der Waals surface area contributed by atoms with Gasteiger partial charge in [0, 0.05) is 25.7 Å². The normalized spacial score (nSPS) is 15.6. The number of nitrogens with one attached hydrogen (secondary N) is 1. The van der Waals surface area contributed by atoms with E-state index in [1.165, 1.54) is 11.1 Å². The first-order chi connectivity index (χ1) is 10.8. The highest BCUT2D eigenvalue weighted by Gasteiger charge is 2.19. The smallest absolute Gasteiger partial charge is 0.140 e. The van der Waals surface area contributed by atoms with Crippen LogP contribution in [0.4, 0.5) is 5.69 Å². The minimum absolute atomic E-state index is 0.448. The monoisotopic (exact) mass is 292 g/mol. The number of pyridine rings is 1. The van der Waals surface area contributed by atoms with Gasteiger partial charge in [0.2, 0.25) is 0 Å². The Kier molecular flexibility index (Phi) is 4.36. The van der Waals surface area contributed by atoms with Crippen LogP contribution in [0, 0.1) is 11.3 Å². The van der Waals surface area contributed by atoms with E-state index in [1.807, 2.05) is 12.1 Å². The Morgan fingerprint density at radius 1 is 1.27 bits per heavy atom. The van der Waals surface area contributed by atoms with Crippen LogP contribution in [0.1, 0.15) is 23.7 Å². The first-order valence-electron chi connectivity index (χ1n) is 7.67. The SMILES string of the molecule is CC(CNc1ccc(C#N)nc1)N1CCc2ccccc2C1. The zero-order valence-corrected chi connectivity index (χ0v) is 12.8. The molecule has 1 aromatic heterocycles. The third-order valence-electron chi connectivity index (χ3n) is 4.26. The molecule has 1 aromatic carbocycles. The molecule has 1 aliphatic rings. The third-order valence-corrected chi connectivity index (χ3v) is 4.26. The number of nitriles is 1. The van der Waals surface area contributed by atoms with E-state index in [2.05, 4.69) is 46.4 Å². The Morgan fingerprint density at radius 2 is 2.09 bits per heavy atom. The van der Waals surface area contributed by atoms with E-state index in [0.717, 1.165) is 31.7 Å². The summed E-state index contributed by atoms with van der Waals surface area (Å²) < 4.78 is 0. The number of nitrogens with zero attached hydrogens (tertiary/aromatic N) is 3. The highest BCUT2D eigenvalue weighted by atomic mass is 15.2. The molecule has 2 aromatic rings. The number of benzene rings is 1. The molecule has 1 atom stereocenters. The third kappa shape index (κ3) is 3.26. The summed E-state index contributed by atoms with van der Waals surface area (Å²) in [5.74, 6) is 0. The van der Waals surface area contributed by atoms with Crippen LogP contribution in [0.3, 0.4) is 0 Å². The number of aromatic nitrogens is 1. The second kappa shape index (κ2) is 6.59. The van der Waals surface area contributed by atoms with Gasteiger partial charge in [0.15, 0.2) is 0 Å². The van der Waals surface area contributed by atoms with Crippen molar-refractivity contribution in [3.8, 4) is 6.07 Å². The van der Waals surface area contributed by atoms with E-state index in [4.69, 9.17) is 5.26 Å². The number of hydrogen-bond donors (Lipinski definition) is 1. The van der Waals surface area contributed by atoms with Gasteiger partial charge in [-0.3, -0.25) is 4.90 Å². The average molecular weight is 292 g/mol. The molecule has 0 bridgehead atoms. The summed E-state index contributed by atoms with van der Waals surface area (Å²) in [6.07, 6.45) is 2.84. The molecule has 1 unspecified atom stereocenters. The molecule has 0 aliphatic carbocycles. The maximum Gasteiger partial charge on any atom is 0.140 e. The standard InChI is InChI=1S/C18H20N4/c1-14(11-20-18-7-6-17(10-19)21-12-18)22-9-8-15-4-2-3-5-16(15)13-22/h2-7,12,14,20H,8-9,11,13H2,1H3. The number of rotatable bonds is 4. The molecule has 0 spiro atoms. The van der Waals surface area contributed by atoms with Crippen LogP contribution in [0.15, 0.2) is 42.6 Å². The predicted molar refractivity (Wildman–Crippen MR) is 87.5 cm³/mol. The molecule has 3 rings (SSSR count). The molecule has 0 radical (unpaired) electrons. The van der Waals surface area contributed by atoms with Crippen molar-refractivity contribution in [3.63, 3.8) is 0 Å². The lowest BCUT2D eigenvalue weighted by Crippen LogP contribution is -2.41. The van der Waals surface area contributed by atoms with E-state index in [-0.39, 0.29) is 0 Å². The minimum Gasteiger partial charge on any atom is -0.382 e. The summed E-state index contributed by atoms with van der Waals surface area (Å²) in [7, 11) is 0. The van der Waals surface area contributed by atoms with Crippen molar-refractivity contribution < 1.29 is 0 Å². The van der Waals surface area contributed by atoms with Gasteiger partial charge in [0.25, 0.3) is 0 Å². The van der Waals surface area contributed by atoms with Gasteiger partial charge in [-0.1, -0.05) is 24.3 Å². The van der Waals surface area contributed by atoms with Gasteiger partial charge in [-0.15, -0.1) is 0 Å². The van der Waals surface area contributed by atoms with Crippen LogP contribution >= 0.6 is 0 Å². The second-order valence-corrected chi connectivity index (χ2v) is 5.76. The molecule has 0 saturated carbocycles.